The van der Waals surface area contributed by atoms with E-state index in [2.05, 4.69) is 29.6 Å². The smallest absolute Gasteiger partial charge is 0.228 e. The number of rotatable bonds is 2. The first-order valence-corrected chi connectivity index (χ1v) is 8.62. The van der Waals surface area contributed by atoms with Crippen molar-refractivity contribution in [2.45, 2.75) is 38.5 Å². The first-order chi connectivity index (χ1) is 11.3. The number of allylic oxidation sites excluding steroid dienone is 4. The van der Waals surface area contributed by atoms with Crippen LogP contribution < -0.4 is 5.32 Å². The van der Waals surface area contributed by atoms with Crippen LogP contribution in [0.5, 0.6) is 0 Å². The Bertz CT molecular complexity index is 566. The lowest BCUT2D eigenvalue weighted by Crippen LogP contribution is -2.15. The topological polar surface area (TPSA) is 29.1 Å². The number of fused-ring (bicyclic) bond motifs is 1. The molecule has 1 fully saturated rings. The number of carbonyl (C=O) groups excluding carboxylic acids is 1. The molecule has 23 heavy (non-hydrogen) atoms. The van der Waals surface area contributed by atoms with Gasteiger partial charge in [-0.25, -0.2) is 4.39 Å². The number of hydrogen-bond donors (Lipinski definition) is 1. The number of hydrogen-bond acceptors (Lipinski definition) is 1. The summed E-state index contributed by atoms with van der Waals surface area (Å²) in [5.41, 5.74) is 0.679. The van der Waals surface area contributed by atoms with Crippen LogP contribution in [-0.2, 0) is 4.79 Å². The van der Waals surface area contributed by atoms with Gasteiger partial charge in [0.05, 0.1) is 0 Å². The van der Waals surface area contributed by atoms with Crippen LogP contribution >= 0.6 is 0 Å². The van der Waals surface area contributed by atoms with Gasteiger partial charge in [-0.2, -0.15) is 0 Å². The van der Waals surface area contributed by atoms with Gasteiger partial charge in [0, 0.05) is 11.6 Å². The maximum atomic E-state index is 12.9. The third-order valence-corrected chi connectivity index (χ3v) is 4.91. The van der Waals surface area contributed by atoms with Crippen molar-refractivity contribution in [2.75, 3.05) is 5.32 Å². The van der Waals surface area contributed by atoms with E-state index in [4.69, 9.17) is 0 Å². The van der Waals surface area contributed by atoms with Crippen molar-refractivity contribution in [3.63, 3.8) is 0 Å². The van der Waals surface area contributed by atoms with Gasteiger partial charge in [0.25, 0.3) is 0 Å². The second-order valence-electron chi connectivity index (χ2n) is 6.52. The normalized spacial score (nSPS) is 30.2. The SMILES string of the molecule is O=C(Nc1ccc(F)cc1)C1C2CC/C=C\CC/C=C/CCC21. The highest BCUT2D eigenvalue weighted by molar-refractivity contribution is 5.94. The van der Waals surface area contributed by atoms with Gasteiger partial charge < -0.3 is 5.32 Å². The van der Waals surface area contributed by atoms with Crippen molar-refractivity contribution in [2.24, 2.45) is 17.8 Å². The predicted molar refractivity (Wildman–Crippen MR) is 91.5 cm³/mol. The summed E-state index contributed by atoms with van der Waals surface area (Å²) in [4.78, 5) is 12.5. The Morgan fingerprint density at radius 3 is 1.96 bits per heavy atom. The third-order valence-electron chi connectivity index (χ3n) is 4.91. The second-order valence-corrected chi connectivity index (χ2v) is 6.52. The summed E-state index contributed by atoms with van der Waals surface area (Å²) in [7, 11) is 0. The Labute approximate surface area is 137 Å². The zero-order valence-corrected chi connectivity index (χ0v) is 13.4. The molecule has 0 saturated heterocycles. The van der Waals surface area contributed by atoms with E-state index in [0.29, 0.717) is 17.5 Å². The lowest BCUT2D eigenvalue weighted by molar-refractivity contribution is -0.117. The number of carbonyl (C=O) groups is 1. The van der Waals surface area contributed by atoms with Gasteiger partial charge in [0.1, 0.15) is 5.82 Å². The number of nitrogens with one attached hydrogen (secondary N) is 1. The van der Waals surface area contributed by atoms with Crippen LogP contribution in [0.4, 0.5) is 10.1 Å². The van der Waals surface area contributed by atoms with E-state index < -0.39 is 0 Å². The summed E-state index contributed by atoms with van der Waals surface area (Å²) in [5, 5.41) is 2.94. The monoisotopic (exact) mass is 313 g/mol. The van der Waals surface area contributed by atoms with Crippen molar-refractivity contribution in [3.8, 4) is 0 Å². The zero-order valence-electron chi connectivity index (χ0n) is 13.4. The molecule has 0 bridgehead atoms. The van der Waals surface area contributed by atoms with E-state index in [-0.39, 0.29) is 17.6 Å². The van der Waals surface area contributed by atoms with Crippen molar-refractivity contribution in [1.29, 1.82) is 0 Å². The minimum Gasteiger partial charge on any atom is -0.326 e. The Hall–Kier alpha value is -1.90. The molecule has 0 spiro atoms. The summed E-state index contributed by atoms with van der Waals surface area (Å²) >= 11 is 0. The van der Waals surface area contributed by atoms with Crippen LogP contribution in [0, 0.1) is 23.6 Å². The summed E-state index contributed by atoms with van der Waals surface area (Å²) in [6.45, 7) is 0. The first-order valence-electron chi connectivity index (χ1n) is 8.62. The Morgan fingerprint density at radius 2 is 1.39 bits per heavy atom. The maximum Gasteiger partial charge on any atom is 0.228 e. The largest absolute Gasteiger partial charge is 0.326 e. The molecule has 3 unspecified atom stereocenters. The summed E-state index contributed by atoms with van der Waals surface area (Å²) < 4.78 is 12.9. The van der Waals surface area contributed by atoms with Gasteiger partial charge in [0.2, 0.25) is 5.91 Å². The summed E-state index contributed by atoms with van der Waals surface area (Å²) in [6, 6.07) is 5.99. The molecule has 1 saturated carbocycles. The highest BCUT2D eigenvalue weighted by Gasteiger charge is 2.52. The summed E-state index contributed by atoms with van der Waals surface area (Å²) in [6.07, 6.45) is 15.5. The van der Waals surface area contributed by atoms with Crippen LogP contribution in [0.2, 0.25) is 0 Å². The molecular weight excluding hydrogens is 289 g/mol. The van der Waals surface area contributed by atoms with Crippen LogP contribution in [0.1, 0.15) is 38.5 Å². The number of amides is 1. The van der Waals surface area contributed by atoms with E-state index >= 15 is 0 Å². The fraction of sp³-hybridized carbons (Fsp3) is 0.450. The van der Waals surface area contributed by atoms with Crippen molar-refractivity contribution < 1.29 is 9.18 Å². The molecule has 2 aliphatic rings. The first kappa shape index (κ1) is 16.0. The van der Waals surface area contributed by atoms with Gasteiger partial charge in [-0.1, -0.05) is 24.3 Å². The third kappa shape index (κ3) is 4.31. The predicted octanol–water partition coefficient (Wildman–Crippen LogP) is 5.09. The molecule has 1 aromatic carbocycles. The van der Waals surface area contributed by atoms with Crippen molar-refractivity contribution >= 4 is 11.6 Å². The van der Waals surface area contributed by atoms with E-state index in [1.54, 1.807) is 12.1 Å². The molecule has 0 radical (unpaired) electrons. The lowest BCUT2D eigenvalue weighted by Gasteiger charge is -2.04. The molecule has 1 aromatic rings. The highest BCUT2D eigenvalue weighted by atomic mass is 19.1. The van der Waals surface area contributed by atoms with Gasteiger partial charge in [0.15, 0.2) is 0 Å². The van der Waals surface area contributed by atoms with Crippen LogP contribution in [0.15, 0.2) is 48.6 Å². The number of anilines is 1. The van der Waals surface area contributed by atoms with Crippen LogP contribution in [0.3, 0.4) is 0 Å². The molecule has 3 rings (SSSR count). The molecule has 0 aliphatic heterocycles. The fourth-order valence-corrected chi connectivity index (χ4v) is 3.62. The van der Waals surface area contributed by atoms with Crippen LogP contribution in [0.25, 0.3) is 0 Å². The minimum absolute atomic E-state index is 0.0921. The minimum atomic E-state index is -0.283. The molecular formula is C20H24FNO. The van der Waals surface area contributed by atoms with E-state index in [1.807, 2.05) is 0 Å². The molecule has 3 atom stereocenters. The average molecular weight is 313 g/mol. The van der Waals surface area contributed by atoms with E-state index in [1.165, 1.54) is 12.1 Å². The van der Waals surface area contributed by atoms with Crippen molar-refractivity contribution in [1.82, 2.24) is 0 Å². The Kier molecular flexibility index (Phi) is 5.27. The Balaban J connectivity index is 1.60. The van der Waals surface area contributed by atoms with Crippen LogP contribution in [-0.4, -0.2) is 5.91 Å². The van der Waals surface area contributed by atoms with Gasteiger partial charge in [-0.3, -0.25) is 4.79 Å². The van der Waals surface area contributed by atoms with Gasteiger partial charge in [-0.05, 0) is 74.6 Å². The summed E-state index contributed by atoms with van der Waals surface area (Å²) in [5.74, 6) is 0.909. The molecule has 1 amide bonds. The number of benzene rings is 1. The Morgan fingerprint density at radius 1 is 0.870 bits per heavy atom. The molecule has 1 N–H and O–H groups in total. The average Bonchev–Trinajstić information content (AvgIpc) is 3.22. The van der Waals surface area contributed by atoms with Gasteiger partial charge in [-0.15, -0.1) is 0 Å². The standard InChI is InChI=1S/C20H24FNO/c21-15-11-13-16(14-12-15)22-20(23)19-17-9-7-5-3-1-2-4-6-8-10-18(17)19/h3-6,11-14,17-19H,1-2,7-10H2,(H,22,23)/b5-3-,6-4+. The zero-order chi connectivity index (χ0) is 16.1. The fourth-order valence-electron chi connectivity index (χ4n) is 3.62. The molecule has 2 nitrogen and oxygen atoms in total. The molecule has 122 valence electrons. The molecule has 2 aliphatic carbocycles. The molecule has 3 heteroatoms. The molecule has 0 heterocycles. The quantitative estimate of drug-likeness (QED) is 0.757. The highest BCUT2D eigenvalue weighted by Crippen LogP contribution is 2.52. The van der Waals surface area contributed by atoms with E-state index in [9.17, 15) is 9.18 Å². The molecule has 0 aromatic heterocycles. The van der Waals surface area contributed by atoms with E-state index in [0.717, 1.165) is 38.5 Å². The second kappa shape index (κ2) is 7.58. The lowest BCUT2D eigenvalue weighted by atomic mass is 10.1. The van der Waals surface area contributed by atoms with Gasteiger partial charge >= 0.3 is 0 Å². The maximum absolute atomic E-state index is 12.9. The number of halogens is 1. The van der Waals surface area contributed by atoms with Crippen molar-refractivity contribution in [3.05, 3.63) is 54.4 Å².